The predicted octanol–water partition coefficient (Wildman–Crippen LogP) is 1.54. The standard InChI is InChI=1S/C13H12N4O2S/c1-19-12-5-9(20(2)18)3-4-10(12)11-6-17-8-14-7-15-13(17)16-11/h3-8H,1-2H3. The third-order valence-electron chi connectivity index (χ3n) is 2.92. The van der Waals surface area contributed by atoms with E-state index in [2.05, 4.69) is 15.0 Å². The molecule has 0 bridgehead atoms. The maximum Gasteiger partial charge on any atom is 0.237 e. The van der Waals surface area contributed by atoms with Gasteiger partial charge in [0.2, 0.25) is 5.78 Å². The number of methoxy groups -OCH3 is 1. The fourth-order valence-corrected chi connectivity index (χ4v) is 2.48. The van der Waals surface area contributed by atoms with Gasteiger partial charge in [0.25, 0.3) is 0 Å². The minimum absolute atomic E-state index is 0.570. The van der Waals surface area contributed by atoms with Crippen LogP contribution in [0.1, 0.15) is 0 Å². The molecule has 0 N–H and O–H groups in total. The van der Waals surface area contributed by atoms with E-state index in [9.17, 15) is 4.55 Å². The number of imidazole rings is 1. The second-order valence-electron chi connectivity index (χ2n) is 4.16. The van der Waals surface area contributed by atoms with Crippen molar-refractivity contribution in [1.82, 2.24) is 19.4 Å². The Bertz CT molecular complexity index is 724. The topological polar surface area (TPSA) is 75.4 Å². The summed E-state index contributed by atoms with van der Waals surface area (Å²) in [5.74, 6) is 1.20. The van der Waals surface area contributed by atoms with Crippen molar-refractivity contribution >= 4 is 17.0 Å². The molecule has 0 radical (unpaired) electrons. The number of fused-ring (bicyclic) bond motifs is 1. The van der Waals surface area contributed by atoms with Gasteiger partial charge in [0.05, 0.1) is 12.8 Å². The zero-order valence-electron chi connectivity index (χ0n) is 11.0. The molecule has 3 rings (SSSR count). The molecule has 102 valence electrons. The number of hydrogen-bond donors (Lipinski definition) is 0. The lowest BCUT2D eigenvalue weighted by Gasteiger charge is -2.09. The molecule has 1 aromatic carbocycles. The molecular formula is C13H12N4O2S. The highest BCUT2D eigenvalue weighted by Crippen LogP contribution is 2.31. The van der Waals surface area contributed by atoms with Crippen molar-refractivity contribution in [2.75, 3.05) is 13.4 Å². The van der Waals surface area contributed by atoms with Crippen molar-refractivity contribution < 1.29 is 9.29 Å². The molecule has 0 amide bonds. The van der Waals surface area contributed by atoms with Gasteiger partial charge in [-0.3, -0.25) is 4.40 Å². The van der Waals surface area contributed by atoms with Crippen LogP contribution in [0.3, 0.4) is 0 Å². The van der Waals surface area contributed by atoms with Crippen LogP contribution in [0.2, 0.25) is 0 Å². The average molecular weight is 288 g/mol. The van der Waals surface area contributed by atoms with Gasteiger partial charge in [0, 0.05) is 17.8 Å². The van der Waals surface area contributed by atoms with Crippen molar-refractivity contribution in [2.45, 2.75) is 4.90 Å². The summed E-state index contributed by atoms with van der Waals surface area (Å²) in [5, 5.41) is 0. The summed E-state index contributed by atoms with van der Waals surface area (Å²) < 4.78 is 18.6. The van der Waals surface area contributed by atoms with Gasteiger partial charge >= 0.3 is 0 Å². The lowest BCUT2D eigenvalue weighted by atomic mass is 10.1. The van der Waals surface area contributed by atoms with Gasteiger partial charge in [-0.15, -0.1) is 0 Å². The largest absolute Gasteiger partial charge is 0.612 e. The normalized spacial score (nSPS) is 12.6. The molecule has 0 saturated carbocycles. The van der Waals surface area contributed by atoms with Crippen LogP contribution in [-0.4, -0.2) is 37.3 Å². The molecule has 2 aromatic heterocycles. The van der Waals surface area contributed by atoms with Crippen LogP contribution in [0.25, 0.3) is 17.0 Å². The van der Waals surface area contributed by atoms with Crippen molar-refractivity contribution in [3.05, 3.63) is 37.1 Å². The lowest BCUT2D eigenvalue weighted by Crippen LogP contribution is -1.98. The summed E-state index contributed by atoms with van der Waals surface area (Å²) in [6.07, 6.45) is 6.55. The van der Waals surface area contributed by atoms with Gasteiger partial charge < -0.3 is 9.29 Å². The van der Waals surface area contributed by atoms with Crippen LogP contribution in [0.4, 0.5) is 0 Å². The average Bonchev–Trinajstić information content (AvgIpc) is 2.90. The first-order valence-electron chi connectivity index (χ1n) is 5.85. The smallest absolute Gasteiger partial charge is 0.237 e. The van der Waals surface area contributed by atoms with E-state index in [1.165, 1.54) is 6.33 Å². The molecule has 0 aliphatic rings. The van der Waals surface area contributed by atoms with Gasteiger partial charge in [0.15, 0.2) is 4.90 Å². The van der Waals surface area contributed by atoms with Crippen LogP contribution >= 0.6 is 0 Å². The van der Waals surface area contributed by atoms with E-state index in [1.807, 2.05) is 18.3 Å². The lowest BCUT2D eigenvalue weighted by molar-refractivity contribution is 0.415. The number of aromatic nitrogens is 4. The third kappa shape index (κ3) is 2.21. The zero-order chi connectivity index (χ0) is 14.1. The minimum atomic E-state index is -1.05. The molecule has 0 fully saturated rings. The number of nitrogens with zero attached hydrogens (tertiary/aromatic N) is 4. The first-order chi connectivity index (χ1) is 9.69. The number of ether oxygens (including phenoxy) is 1. The Kier molecular flexibility index (Phi) is 3.29. The molecule has 2 heterocycles. The Balaban J connectivity index is 2.13. The summed E-state index contributed by atoms with van der Waals surface area (Å²) in [6, 6.07) is 5.43. The molecule has 0 aliphatic carbocycles. The highest BCUT2D eigenvalue weighted by molar-refractivity contribution is 7.90. The second-order valence-corrected chi connectivity index (χ2v) is 5.54. The number of hydrogen-bond acceptors (Lipinski definition) is 5. The van der Waals surface area contributed by atoms with Gasteiger partial charge in [-0.2, -0.15) is 0 Å². The molecule has 0 saturated heterocycles. The maximum atomic E-state index is 11.5. The Labute approximate surface area is 118 Å². The molecule has 1 atom stereocenters. The molecule has 6 nitrogen and oxygen atoms in total. The summed E-state index contributed by atoms with van der Waals surface area (Å²) in [7, 11) is 1.58. The Morgan fingerprint density at radius 3 is 2.90 bits per heavy atom. The first-order valence-corrected chi connectivity index (χ1v) is 7.41. The molecule has 0 spiro atoms. The Hall–Kier alpha value is -2.12. The summed E-state index contributed by atoms with van der Waals surface area (Å²) in [6.45, 7) is 0. The van der Waals surface area contributed by atoms with Crippen molar-refractivity contribution in [3.63, 3.8) is 0 Å². The van der Waals surface area contributed by atoms with E-state index >= 15 is 0 Å². The van der Waals surface area contributed by atoms with Crippen LogP contribution in [-0.2, 0) is 11.2 Å². The van der Waals surface area contributed by atoms with E-state index in [4.69, 9.17) is 4.74 Å². The first kappa shape index (κ1) is 12.9. The van der Waals surface area contributed by atoms with E-state index in [0.29, 0.717) is 16.4 Å². The Morgan fingerprint density at radius 1 is 1.35 bits per heavy atom. The van der Waals surface area contributed by atoms with Gasteiger partial charge in [0.1, 0.15) is 24.7 Å². The van der Waals surface area contributed by atoms with E-state index in [-0.39, 0.29) is 0 Å². The molecule has 20 heavy (non-hydrogen) atoms. The fourth-order valence-electron chi connectivity index (χ4n) is 1.94. The maximum absolute atomic E-state index is 11.5. The Morgan fingerprint density at radius 2 is 2.20 bits per heavy atom. The van der Waals surface area contributed by atoms with Crippen LogP contribution < -0.4 is 4.74 Å². The van der Waals surface area contributed by atoms with Crippen LogP contribution in [0.5, 0.6) is 5.75 Å². The number of benzene rings is 1. The fraction of sp³-hybridized carbons (Fsp3) is 0.154. The molecule has 3 aromatic rings. The summed E-state index contributed by atoms with van der Waals surface area (Å²) in [5.41, 5.74) is 1.56. The van der Waals surface area contributed by atoms with Crippen molar-refractivity contribution in [2.24, 2.45) is 0 Å². The third-order valence-corrected chi connectivity index (χ3v) is 3.84. The van der Waals surface area contributed by atoms with E-state index in [0.717, 1.165) is 11.3 Å². The van der Waals surface area contributed by atoms with Gasteiger partial charge in [-0.05, 0) is 23.3 Å². The predicted molar refractivity (Wildman–Crippen MR) is 75.1 cm³/mol. The highest BCUT2D eigenvalue weighted by Gasteiger charge is 2.14. The second kappa shape index (κ2) is 5.10. The minimum Gasteiger partial charge on any atom is -0.612 e. The van der Waals surface area contributed by atoms with Crippen LogP contribution in [0, 0.1) is 0 Å². The quantitative estimate of drug-likeness (QED) is 0.683. The molecular weight excluding hydrogens is 276 g/mol. The van der Waals surface area contributed by atoms with Gasteiger partial charge in [-0.1, -0.05) is 0 Å². The van der Waals surface area contributed by atoms with Crippen molar-refractivity contribution in [1.29, 1.82) is 0 Å². The van der Waals surface area contributed by atoms with E-state index < -0.39 is 11.2 Å². The SMILES string of the molecule is COc1cc([S+](C)[O-])ccc1-c1cn2cncnc2n1. The summed E-state index contributed by atoms with van der Waals surface area (Å²) in [4.78, 5) is 13.2. The summed E-state index contributed by atoms with van der Waals surface area (Å²) >= 11 is -1.05. The molecule has 0 aliphatic heterocycles. The highest BCUT2D eigenvalue weighted by atomic mass is 32.2. The molecule has 1 unspecified atom stereocenters. The van der Waals surface area contributed by atoms with Crippen molar-refractivity contribution in [3.8, 4) is 17.0 Å². The molecule has 7 heteroatoms. The zero-order valence-corrected chi connectivity index (χ0v) is 11.8. The number of rotatable bonds is 3. The monoisotopic (exact) mass is 288 g/mol. The van der Waals surface area contributed by atoms with Gasteiger partial charge in [-0.25, -0.2) is 15.0 Å². The van der Waals surface area contributed by atoms with Crippen LogP contribution in [0.15, 0.2) is 41.9 Å². The van der Waals surface area contributed by atoms with E-state index in [1.54, 1.807) is 30.2 Å².